The first-order valence-corrected chi connectivity index (χ1v) is 7.88. The van der Waals surface area contributed by atoms with Crippen LogP contribution in [0.1, 0.15) is 32.1 Å². The van der Waals surface area contributed by atoms with Crippen LogP contribution in [-0.4, -0.2) is 35.2 Å². The minimum Gasteiger partial charge on any atom is -0.484 e. The highest BCUT2D eigenvalue weighted by molar-refractivity contribution is 5.77. The monoisotopic (exact) mass is 322 g/mol. The first kappa shape index (κ1) is 17.2. The third kappa shape index (κ3) is 5.52. The maximum absolute atomic E-state index is 11.7. The fraction of sp³-hybridized carbons (Fsp3) is 0.562. The summed E-state index contributed by atoms with van der Waals surface area (Å²) in [5.41, 5.74) is -0.0713. The van der Waals surface area contributed by atoms with Gasteiger partial charge in [-0.05, 0) is 37.7 Å². The number of nitrogens with zero attached hydrogens (tertiary/aromatic N) is 1. The minimum absolute atomic E-state index is 0.0713. The van der Waals surface area contributed by atoms with Crippen molar-refractivity contribution in [2.75, 3.05) is 13.2 Å². The van der Waals surface area contributed by atoms with Gasteiger partial charge >= 0.3 is 0 Å². The summed E-state index contributed by atoms with van der Waals surface area (Å²) in [5, 5.41) is 23.1. The molecule has 0 bridgehead atoms. The molecule has 0 radical (unpaired) electrons. The third-order valence-corrected chi connectivity index (χ3v) is 4.09. The number of nitro groups is 1. The van der Waals surface area contributed by atoms with E-state index in [1.807, 2.05) is 0 Å². The van der Waals surface area contributed by atoms with E-state index in [9.17, 15) is 20.0 Å². The van der Waals surface area contributed by atoms with Crippen molar-refractivity contribution in [3.05, 3.63) is 34.4 Å². The van der Waals surface area contributed by atoms with Crippen LogP contribution >= 0.6 is 0 Å². The summed E-state index contributed by atoms with van der Waals surface area (Å²) in [6.45, 7) is 0.369. The van der Waals surface area contributed by atoms with Gasteiger partial charge in [0.15, 0.2) is 6.61 Å². The molecule has 126 valence electrons. The molecule has 1 aliphatic carbocycles. The van der Waals surface area contributed by atoms with E-state index in [-0.39, 0.29) is 24.3 Å². The Morgan fingerprint density at radius 2 is 2.26 bits per heavy atom. The third-order valence-electron chi connectivity index (χ3n) is 4.09. The van der Waals surface area contributed by atoms with E-state index in [2.05, 4.69) is 5.32 Å². The average Bonchev–Trinajstić information content (AvgIpc) is 2.95. The van der Waals surface area contributed by atoms with Gasteiger partial charge in [-0.3, -0.25) is 14.9 Å². The number of carbonyl (C=O) groups excluding carboxylic acids is 1. The number of benzene rings is 1. The second-order valence-electron chi connectivity index (χ2n) is 5.79. The van der Waals surface area contributed by atoms with Gasteiger partial charge in [0, 0.05) is 12.6 Å². The molecule has 2 atom stereocenters. The van der Waals surface area contributed by atoms with Gasteiger partial charge in [-0.25, -0.2) is 0 Å². The van der Waals surface area contributed by atoms with Crippen molar-refractivity contribution in [2.45, 2.75) is 38.2 Å². The molecule has 1 amide bonds. The van der Waals surface area contributed by atoms with Crippen molar-refractivity contribution in [1.29, 1.82) is 0 Å². The lowest BCUT2D eigenvalue weighted by molar-refractivity contribution is -0.384. The lowest BCUT2D eigenvalue weighted by atomic mass is 10.00. The molecule has 1 aromatic rings. The molecule has 7 nitrogen and oxygen atoms in total. The van der Waals surface area contributed by atoms with Crippen LogP contribution < -0.4 is 10.1 Å². The van der Waals surface area contributed by atoms with Crippen LogP contribution in [0.5, 0.6) is 5.75 Å². The molecule has 23 heavy (non-hydrogen) atoms. The van der Waals surface area contributed by atoms with E-state index >= 15 is 0 Å². The van der Waals surface area contributed by atoms with Gasteiger partial charge < -0.3 is 15.2 Å². The zero-order valence-electron chi connectivity index (χ0n) is 12.9. The van der Waals surface area contributed by atoms with Crippen molar-refractivity contribution in [3.8, 4) is 5.75 Å². The molecule has 1 saturated carbocycles. The Bertz CT molecular complexity index is 549. The predicted octanol–water partition coefficient (Wildman–Crippen LogP) is 2.03. The van der Waals surface area contributed by atoms with Crippen molar-refractivity contribution < 1.29 is 19.6 Å². The molecule has 0 heterocycles. The van der Waals surface area contributed by atoms with Crippen molar-refractivity contribution in [2.24, 2.45) is 5.92 Å². The Morgan fingerprint density at radius 1 is 1.43 bits per heavy atom. The largest absolute Gasteiger partial charge is 0.484 e. The molecule has 2 rings (SSSR count). The number of carbonyl (C=O) groups is 1. The van der Waals surface area contributed by atoms with E-state index in [0.29, 0.717) is 18.2 Å². The first-order valence-electron chi connectivity index (χ1n) is 7.88. The quantitative estimate of drug-likeness (QED) is 0.433. The minimum atomic E-state index is -0.510. The number of hydrogen-bond donors (Lipinski definition) is 2. The molecule has 1 fully saturated rings. The van der Waals surface area contributed by atoms with E-state index in [1.54, 1.807) is 6.07 Å². The molecule has 0 aliphatic heterocycles. The normalized spacial score (nSPS) is 20.2. The van der Waals surface area contributed by atoms with Gasteiger partial charge in [0.1, 0.15) is 5.75 Å². The van der Waals surface area contributed by atoms with Crippen molar-refractivity contribution >= 4 is 11.6 Å². The highest BCUT2D eigenvalue weighted by Gasteiger charge is 2.24. The van der Waals surface area contributed by atoms with Gasteiger partial charge in [0.05, 0.1) is 17.1 Å². The van der Waals surface area contributed by atoms with Crippen LogP contribution in [0.2, 0.25) is 0 Å². The Kier molecular flexibility index (Phi) is 6.34. The standard InChI is InChI=1S/C16H22N2O5/c19-15-8-1-4-12(15)5-3-9-17-16(20)11-23-14-7-2-6-13(10-14)18(21)22/h2,6-7,10,12,15,19H,1,3-5,8-9,11H2,(H,17,20)/t12-,15+/m0/s1. The molecule has 2 N–H and O–H groups in total. The number of non-ortho nitro benzene ring substituents is 1. The number of hydrogen-bond acceptors (Lipinski definition) is 5. The number of aliphatic hydroxyl groups is 1. The Hall–Kier alpha value is -2.15. The number of amides is 1. The molecule has 1 aliphatic rings. The highest BCUT2D eigenvalue weighted by Crippen LogP contribution is 2.28. The maximum Gasteiger partial charge on any atom is 0.273 e. The molecule has 0 saturated heterocycles. The van der Waals surface area contributed by atoms with Crippen LogP contribution in [0.4, 0.5) is 5.69 Å². The highest BCUT2D eigenvalue weighted by atomic mass is 16.6. The summed E-state index contributed by atoms with van der Waals surface area (Å²) in [5.74, 6) is 0.389. The molecule has 7 heteroatoms. The van der Waals surface area contributed by atoms with Gasteiger partial charge in [0.2, 0.25) is 0 Å². The van der Waals surface area contributed by atoms with Crippen LogP contribution in [0, 0.1) is 16.0 Å². The summed E-state index contributed by atoms with van der Waals surface area (Å²) >= 11 is 0. The molecular formula is C16H22N2O5. The zero-order chi connectivity index (χ0) is 16.7. The van der Waals surface area contributed by atoms with Crippen LogP contribution in [0.25, 0.3) is 0 Å². The second-order valence-corrected chi connectivity index (χ2v) is 5.79. The number of nitrogens with one attached hydrogen (secondary N) is 1. The van der Waals surface area contributed by atoms with Crippen LogP contribution in [-0.2, 0) is 4.79 Å². The van der Waals surface area contributed by atoms with Gasteiger partial charge in [0.25, 0.3) is 11.6 Å². The molecular weight excluding hydrogens is 300 g/mol. The lowest BCUT2D eigenvalue weighted by Gasteiger charge is -2.14. The van der Waals surface area contributed by atoms with E-state index in [1.165, 1.54) is 18.2 Å². The van der Waals surface area contributed by atoms with Crippen LogP contribution in [0.15, 0.2) is 24.3 Å². The summed E-state index contributed by atoms with van der Waals surface area (Å²) < 4.78 is 5.25. The average molecular weight is 322 g/mol. The van der Waals surface area contributed by atoms with E-state index in [4.69, 9.17) is 4.74 Å². The predicted molar refractivity (Wildman–Crippen MR) is 84.2 cm³/mol. The van der Waals surface area contributed by atoms with Gasteiger partial charge in [-0.15, -0.1) is 0 Å². The number of ether oxygens (including phenoxy) is 1. The van der Waals surface area contributed by atoms with Gasteiger partial charge in [-0.2, -0.15) is 0 Å². The summed E-state index contributed by atoms with van der Waals surface area (Å²) in [6.07, 6.45) is 4.56. The van der Waals surface area contributed by atoms with E-state index < -0.39 is 4.92 Å². The summed E-state index contributed by atoms with van der Waals surface area (Å²) in [6, 6.07) is 5.74. The summed E-state index contributed by atoms with van der Waals surface area (Å²) in [7, 11) is 0. The van der Waals surface area contributed by atoms with Crippen LogP contribution in [0.3, 0.4) is 0 Å². The molecule has 1 aromatic carbocycles. The number of rotatable bonds is 8. The van der Waals surface area contributed by atoms with E-state index in [0.717, 1.165) is 32.1 Å². The second kappa shape index (κ2) is 8.47. The topological polar surface area (TPSA) is 102 Å². The molecule has 0 spiro atoms. The Labute approximate surface area is 134 Å². The maximum atomic E-state index is 11.7. The number of nitro benzene ring substituents is 1. The SMILES string of the molecule is O=C(COc1cccc([N+](=O)[O-])c1)NCCC[C@@H]1CCC[C@H]1O. The Morgan fingerprint density at radius 3 is 2.96 bits per heavy atom. The fourth-order valence-electron chi connectivity index (χ4n) is 2.83. The van der Waals surface area contributed by atoms with Crippen molar-refractivity contribution in [3.63, 3.8) is 0 Å². The first-order chi connectivity index (χ1) is 11.1. The zero-order valence-corrected chi connectivity index (χ0v) is 12.9. The smallest absolute Gasteiger partial charge is 0.273 e. The summed E-state index contributed by atoms with van der Waals surface area (Å²) in [4.78, 5) is 21.8. The van der Waals surface area contributed by atoms with Crippen molar-refractivity contribution in [1.82, 2.24) is 5.32 Å². The van der Waals surface area contributed by atoms with Gasteiger partial charge in [-0.1, -0.05) is 12.5 Å². The lowest BCUT2D eigenvalue weighted by Crippen LogP contribution is -2.30. The molecule has 0 unspecified atom stereocenters. The Balaban J connectivity index is 1.63. The molecule has 0 aromatic heterocycles. The number of aliphatic hydroxyl groups excluding tert-OH is 1. The fourth-order valence-corrected chi connectivity index (χ4v) is 2.83.